The van der Waals surface area contributed by atoms with Crippen LogP contribution in [-0.2, 0) is 0 Å². The minimum absolute atomic E-state index is 0.0467. The molecule has 2 fully saturated rings. The summed E-state index contributed by atoms with van der Waals surface area (Å²) in [4.78, 5) is 17.5. The van der Waals surface area contributed by atoms with Crippen molar-refractivity contribution >= 4 is 23.4 Å². The van der Waals surface area contributed by atoms with Gasteiger partial charge in [-0.1, -0.05) is 0 Å². The second-order valence-electron chi connectivity index (χ2n) is 7.44. The molecule has 156 valence electrons. The molecular weight excluding hydrogens is 392 g/mol. The fraction of sp³-hybridized carbons (Fsp3) is 0.368. The highest BCUT2D eigenvalue weighted by atomic mass is 19.1. The van der Waals surface area contributed by atoms with Crippen molar-refractivity contribution in [2.75, 3.05) is 42.1 Å². The highest BCUT2D eigenvalue weighted by Gasteiger charge is 2.31. The van der Waals surface area contributed by atoms with E-state index in [1.807, 2.05) is 0 Å². The predicted molar refractivity (Wildman–Crippen MR) is 108 cm³/mol. The predicted octanol–water partition coefficient (Wildman–Crippen LogP) is 1.95. The molecule has 0 bridgehead atoms. The van der Waals surface area contributed by atoms with Gasteiger partial charge in [-0.25, -0.2) is 18.7 Å². The number of nitrogens with two attached hydrogens (primary N) is 1. The second kappa shape index (κ2) is 7.48. The lowest BCUT2D eigenvalue weighted by atomic mass is 10.3. The molecule has 0 unspecified atom stereocenters. The number of halogens is 2. The summed E-state index contributed by atoms with van der Waals surface area (Å²) in [5.41, 5.74) is 6.04. The van der Waals surface area contributed by atoms with Crippen LogP contribution in [0.15, 0.2) is 30.6 Å². The fourth-order valence-corrected chi connectivity index (χ4v) is 3.64. The van der Waals surface area contributed by atoms with E-state index in [2.05, 4.69) is 35.2 Å². The third-order valence-corrected chi connectivity index (χ3v) is 5.37. The lowest BCUT2D eigenvalue weighted by molar-refractivity contribution is 0.247. The van der Waals surface area contributed by atoms with Crippen LogP contribution in [-0.4, -0.2) is 61.9 Å². The van der Waals surface area contributed by atoms with Crippen molar-refractivity contribution in [1.82, 2.24) is 29.6 Å². The van der Waals surface area contributed by atoms with Gasteiger partial charge in [0.15, 0.2) is 5.82 Å². The maximum absolute atomic E-state index is 13.9. The number of hydrogen-bond donors (Lipinski definition) is 2. The standard InChI is InChI=1S/C19H21F2N9/c20-12-1-4-15(14(21)9-12)25-19-26-18(22)30(27-19)17-10-16(23-11-24-17)29-7-5-28(6-8-29)13-2-3-13/h1,4,9-11,13H,2-3,5-8H2,(H3,22,25,26,27). The normalized spacial score (nSPS) is 17.3. The smallest absolute Gasteiger partial charge is 0.248 e. The summed E-state index contributed by atoms with van der Waals surface area (Å²) in [7, 11) is 0. The Labute approximate surface area is 171 Å². The van der Waals surface area contributed by atoms with Gasteiger partial charge in [-0.2, -0.15) is 9.67 Å². The Balaban J connectivity index is 1.34. The summed E-state index contributed by atoms with van der Waals surface area (Å²) in [6.07, 6.45) is 4.08. The highest BCUT2D eigenvalue weighted by molar-refractivity contribution is 5.55. The van der Waals surface area contributed by atoms with E-state index in [0.29, 0.717) is 5.82 Å². The summed E-state index contributed by atoms with van der Waals surface area (Å²) < 4.78 is 28.3. The molecular formula is C19H21F2N9. The quantitative estimate of drug-likeness (QED) is 0.655. The molecule has 1 aliphatic heterocycles. The first-order valence-corrected chi connectivity index (χ1v) is 9.83. The maximum Gasteiger partial charge on any atom is 0.248 e. The van der Waals surface area contributed by atoms with Gasteiger partial charge in [-0.15, -0.1) is 5.10 Å². The van der Waals surface area contributed by atoms with Crippen LogP contribution in [0.2, 0.25) is 0 Å². The minimum Gasteiger partial charge on any atom is -0.368 e. The van der Waals surface area contributed by atoms with Gasteiger partial charge in [0.1, 0.15) is 23.8 Å². The molecule has 1 saturated heterocycles. The molecule has 1 aromatic carbocycles. The molecule has 2 aliphatic rings. The van der Waals surface area contributed by atoms with Crippen molar-refractivity contribution in [3.63, 3.8) is 0 Å². The molecule has 5 rings (SSSR count). The molecule has 30 heavy (non-hydrogen) atoms. The molecule has 3 N–H and O–H groups in total. The SMILES string of the molecule is Nc1nc(Nc2ccc(F)cc2F)nn1-c1cc(N2CCN(C3CC3)CC2)ncn1. The van der Waals surface area contributed by atoms with Crippen LogP contribution in [0.3, 0.4) is 0 Å². The Morgan fingerprint density at radius 1 is 1.00 bits per heavy atom. The molecule has 2 aromatic heterocycles. The number of benzene rings is 1. The number of aromatic nitrogens is 5. The number of nitrogens with one attached hydrogen (secondary N) is 1. The zero-order valence-electron chi connectivity index (χ0n) is 16.2. The summed E-state index contributed by atoms with van der Waals surface area (Å²) in [6, 6.07) is 5.76. The largest absolute Gasteiger partial charge is 0.368 e. The molecule has 0 amide bonds. The summed E-state index contributed by atoms with van der Waals surface area (Å²) >= 11 is 0. The van der Waals surface area contributed by atoms with Crippen LogP contribution in [0, 0.1) is 11.6 Å². The van der Waals surface area contributed by atoms with Crippen molar-refractivity contribution < 1.29 is 8.78 Å². The zero-order valence-corrected chi connectivity index (χ0v) is 16.2. The van der Waals surface area contributed by atoms with Gasteiger partial charge in [-0.3, -0.25) is 4.90 Å². The number of piperazine rings is 1. The van der Waals surface area contributed by atoms with Crippen molar-refractivity contribution in [2.45, 2.75) is 18.9 Å². The number of nitrogens with zero attached hydrogens (tertiary/aromatic N) is 7. The molecule has 11 heteroatoms. The third kappa shape index (κ3) is 3.75. The van der Waals surface area contributed by atoms with E-state index in [0.717, 1.165) is 50.2 Å². The van der Waals surface area contributed by atoms with Crippen molar-refractivity contribution in [3.8, 4) is 5.82 Å². The van der Waals surface area contributed by atoms with Crippen molar-refractivity contribution in [2.24, 2.45) is 0 Å². The van der Waals surface area contributed by atoms with Crippen LogP contribution in [0.1, 0.15) is 12.8 Å². The highest BCUT2D eigenvalue weighted by Crippen LogP contribution is 2.28. The first kappa shape index (κ1) is 18.7. The lowest BCUT2D eigenvalue weighted by Crippen LogP contribution is -2.47. The molecule has 0 radical (unpaired) electrons. The Morgan fingerprint density at radius 3 is 2.50 bits per heavy atom. The number of nitrogen functional groups attached to an aromatic ring is 1. The van der Waals surface area contributed by atoms with Crippen LogP contribution < -0.4 is 16.0 Å². The van der Waals surface area contributed by atoms with Crippen LogP contribution in [0.25, 0.3) is 5.82 Å². The number of hydrogen-bond acceptors (Lipinski definition) is 8. The topological polar surface area (TPSA) is 101 Å². The van der Waals surface area contributed by atoms with E-state index < -0.39 is 11.6 Å². The minimum atomic E-state index is -0.750. The molecule has 3 aromatic rings. The molecule has 0 spiro atoms. The average molecular weight is 413 g/mol. The molecule has 1 aliphatic carbocycles. The van der Waals surface area contributed by atoms with E-state index in [9.17, 15) is 8.78 Å². The lowest BCUT2D eigenvalue weighted by Gasteiger charge is -2.35. The van der Waals surface area contributed by atoms with Gasteiger partial charge in [-0.05, 0) is 25.0 Å². The van der Waals surface area contributed by atoms with Crippen LogP contribution >= 0.6 is 0 Å². The molecule has 3 heterocycles. The average Bonchev–Trinajstić information content (AvgIpc) is 3.53. The Kier molecular flexibility index (Phi) is 4.66. The van der Waals surface area contributed by atoms with Crippen LogP contribution in [0.5, 0.6) is 0 Å². The maximum atomic E-state index is 13.9. The Bertz CT molecular complexity index is 1060. The first-order chi connectivity index (χ1) is 14.6. The van der Waals surface area contributed by atoms with Gasteiger partial charge in [0, 0.05) is 44.4 Å². The first-order valence-electron chi connectivity index (χ1n) is 9.83. The monoisotopic (exact) mass is 413 g/mol. The Hall–Kier alpha value is -3.34. The van der Waals surface area contributed by atoms with Gasteiger partial charge in [0.2, 0.25) is 11.9 Å². The summed E-state index contributed by atoms with van der Waals surface area (Å²) in [6.45, 7) is 3.84. The number of anilines is 4. The molecule has 0 atom stereocenters. The van der Waals surface area contributed by atoms with Crippen LogP contribution in [0.4, 0.5) is 32.2 Å². The zero-order chi connectivity index (χ0) is 20.7. The van der Waals surface area contributed by atoms with Gasteiger partial charge >= 0.3 is 0 Å². The van der Waals surface area contributed by atoms with Gasteiger partial charge in [0.25, 0.3) is 0 Å². The summed E-state index contributed by atoms with van der Waals surface area (Å²) in [5, 5.41) is 6.97. The van der Waals surface area contributed by atoms with E-state index >= 15 is 0 Å². The van der Waals surface area contributed by atoms with E-state index in [4.69, 9.17) is 5.73 Å². The third-order valence-electron chi connectivity index (χ3n) is 5.37. The van der Waals surface area contributed by atoms with Crippen molar-refractivity contribution in [3.05, 3.63) is 42.2 Å². The van der Waals surface area contributed by atoms with Crippen molar-refractivity contribution in [1.29, 1.82) is 0 Å². The van der Waals surface area contributed by atoms with Gasteiger partial charge in [0.05, 0.1) is 5.69 Å². The van der Waals surface area contributed by atoms with E-state index in [1.165, 1.54) is 29.9 Å². The van der Waals surface area contributed by atoms with E-state index in [1.54, 1.807) is 6.07 Å². The summed E-state index contributed by atoms with van der Waals surface area (Å²) in [5.74, 6) is 0.00763. The fourth-order valence-electron chi connectivity index (χ4n) is 3.64. The van der Waals surface area contributed by atoms with E-state index in [-0.39, 0.29) is 17.6 Å². The molecule has 1 saturated carbocycles. The second-order valence-corrected chi connectivity index (χ2v) is 7.44. The van der Waals surface area contributed by atoms with Gasteiger partial charge < -0.3 is 16.0 Å². The Morgan fingerprint density at radius 2 is 1.77 bits per heavy atom. The molecule has 9 nitrogen and oxygen atoms in total. The number of rotatable bonds is 5.